The van der Waals surface area contributed by atoms with Gasteiger partial charge >= 0.3 is 0 Å². The van der Waals surface area contributed by atoms with E-state index in [1.54, 1.807) is 6.07 Å². The van der Waals surface area contributed by atoms with Crippen molar-refractivity contribution in [2.24, 2.45) is 0 Å². The highest BCUT2D eigenvalue weighted by atomic mass is 32.2. The predicted molar refractivity (Wildman–Crippen MR) is 80.5 cm³/mol. The first-order valence-electron chi connectivity index (χ1n) is 6.96. The quantitative estimate of drug-likeness (QED) is 0.856. The molecule has 0 aromatic heterocycles. The van der Waals surface area contributed by atoms with Gasteiger partial charge in [0.05, 0.1) is 11.4 Å². The third-order valence-electron chi connectivity index (χ3n) is 3.04. The van der Waals surface area contributed by atoms with Crippen LogP contribution in [-0.2, 0) is 14.8 Å². The highest BCUT2D eigenvalue weighted by Gasteiger charge is 2.25. The molecule has 0 atom stereocenters. The van der Waals surface area contributed by atoms with Crippen molar-refractivity contribution in [3.8, 4) is 11.5 Å². The monoisotopic (exact) mass is 328 g/mol. The molecule has 8 heteroatoms. The summed E-state index contributed by atoms with van der Waals surface area (Å²) in [6.45, 7) is 4.20. The SMILES string of the molecule is CC(C)NC(=O)CN(C)S(=O)(=O)c1ccc2c(c1)OCCO2. The molecule has 0 radical (unpaired) electrons. The summed E-state index contributed by atoms with van der Waals surface area (Å²) in [7, 11) is -2.40. The molecule has 1 N–H and O–H groups in total. The molecule has 7 nitrogen and oxygen atoms in total. The molecule has 1 aliphatic rings. The lowest BCUT2D eigenvalue weighted by molar-refractivity contribution is -0.121. The van der Waals surface area contributed by atoms with Gasteiger partial charge in [0.2, 0.25) is 15.9 Å². The van der Waals surface area contributed by atoms with Gasteiger partial charge in [0.25, 0.3) is 0 Å². The fourth-order valence-corrected chi connectivity index (χ4v) is 3.16. The summed E-state index contributed by atoms with van der Waals surface area (Å²) in [6.07, 6.45) is 0. The average Bonchev–Trinajstić information content (AvgIpc) is 2.45. The van der Waals surface area contributed by atoms with Crippen molar-refractivity contribution in [2.45, 2.75) is 24.8 Å². The fraction of sp³-hybridized carbons (Fsp3) is 0.500. The first kappa shape index (κ1) is 16.6. The standard InChI is InChI=1S/C14H20N2O5S/c1-10(2)15-14(17)9-16(3)22(18,19)11-4-5-12-13(8-11)21-7-6-20-12/h4-5,8,10H,6-7,9H2,1-3H3,(H,15,17). The van der Waals surface area contributed by atoms with Crippen LogP contribution >= 0.6 is 0 Å². The molecule has 0 unspecified atom stereocenters. The Balaban J connectivity index is 2.17. The lowest BCUT2D eigenvalue weighted by Gasteiger charge is -2.21. The van der Waals surface area contributed by atoms with Gasteiger partial charge in [0.1, 0.15) is 13.2 Å². The van der Waals surface area contributed by atoms with Crippen molar-refractivity contribution in [3.63, 3.8) is 0 Å². The Labute approximate surface area is 130 Å². The Morgan fingerprint density at radius 2 is 1.91 bits per heavy atom. The van der Waals surface area contributed by atoms with Crippen LogP contribution < -0.4 is 14.8 Å². The number of amides is 1. The van der Waals surface area contributed by atoms with Gasteiger partial charge in [-0.2, -0.15) is 4.31 Å². The Morgan fingerprint density at radius 3 is 2.55 bits per heavy atom. The fourth-order valence-electron chi connectivity index (χ4n) is 2.02. The van der Waals surface area contributed by atoms with Crippen molar-refractivity contribution >= 4 is 15.9 Å². The number of likely N-dealkylation sites (N-methyl/N-ethyl adjacent to an activating group) is 1. The molecule has 22 heavy (non-hydrogen) atoms. The van der Waals surface area contributed by atoms with Crippen LogP contribution in [0.3, 0.4) is 0 Å². The first-order chi connectivity index (χ1) is 10.3. The van der Waals surface area contributed by atoms with E-state index in [9.17, 15) is 13.2 Å². The molecule has 2 rings (SSSR count). The Hall–Kier alpha value is -1.80. The number of nitrogens with zero attached hydrogens (tertiary/aromatic N) is 1. The molecular formula is C14H20N2O5S. The Bertz CT molecular complexity index is 657. The molecule has 0 aliphatic carbocycles. The largest absolute Gasteiger partial charge is 0.486 e. The number of fused-ring (bicyclic) bond motifs is 1. The number of hydrogen-bond donors (Lipinski definition) is 1. The number of rotatable bonds is 5. The zero-order valence-corrected chi connectivity index (χ0v) is 13.6. The van der Waals surface area contributed by atoms with E-state index >= 15 is 0 Å². The van der Waals surface area contributed by atoms with Gasteiger partial charge in [0.15, 0.2) is 11.5 Å². The predicted octanol–water partition coefficient (Wildman–Crippen LogP) is 0.603. The third kappa shape index (κ3) is 3.69. The van der Waals surface area contributed by atoms with Crippen LogP contribution in [0.1, 0.15) is 13.8 Å². The van der Waals surface area contributed by atoms with E-state index in [-0.39, 0.29) is 23.4 Å². The number of carbonyl (C=O) groups is 1. The maximum Gasteiger partial charge on any atom is 0.243 e. The number of benzene rings is 1. The summed E-state index contributed by atoms with van der Waals surface area (Å²) in [6, 6.07) is 4.38. The van der Waals surface area contributed by atoms with Crippen molar-refractivity contribution in [1.82, 2.24) is 9.62 Å². The van der Waals surface area contributed by atoms with Crippen LogP contribution in [0.25, 0.3) is 0 Å². The zero-order valence-electron chi connectivity index (χ0n) is 12.8. The van der Waals surface area contributed by atoms with Gasteiger partial charge in [-0.3, -0.25) is 4.79 Å². The van der Waals surface area contributed by atoms with E-state index in [4.69, 9.17) is 9.47 Å². The van der Waals surface area contributed by atoms with E-state index in [0.29, 0.717) is 24.7 Å². The average molecular weight is 328 g/mol. The van der Waals surface area contributed by atoms with E-state index in [0.717, 1.165) is 4.31 Å². The van der Waals surface area contributed by atoms with Crippen LogP contribution in [0.15, 0.2) is 23.1 Å². The minimum atomic E-state index is -3.77. The summed E-state index contributed by atoms with van der Waals surface area (Å²) < 4.78 is 36.7. The third-order valence-corrected chi connectivity index (χ3v) is 4.84. The summed E-state index contributed by atoms with van der Waals surface area (Å²) >= 11 is 0. The van der Waals surface area contributed by atoms with Gasteiger partial charge in [-0.05, 0) is 26.0 Å². The second-order valence-electron chi connectivity index (χ2n) is 5.29. The lowest BCUT2D eigenvalue weighted by atomic mass is 10.3. The number of carbonyl (C=O) groups excluding carboxylic acids is 1. The summed E-state index contributed by atoms with van der Waals surface area (Å²) in [5, 5.41) is 2.66. The number of nitrogens with one attached hydrogen (secondary N) is 1. The van der Waals surface area contributed by atoms with Gasteiger partial charge in [-0.1, -0.05) is 0 Å². The molecule has 0 spiro atoms. The van der Waals surface area contributed by atoms with Gasteiger partial charge in [-0.25, -0.2) is 8.42 Å². The van der Waals surface area contributed by atoms with Crippen LogP contribution in [-0.4, -0.2) is 51.5 Å². The van der Waals surface area contributed by atoms with Crippen molar-refractivity contribution < 1.29 is 22.7 Å². The van der Waals surface area contributed by atoms with Gasteiger partial charge in [0, 0.05) is 19.2 Å². The second kappa shape index (κ2) is 6.53. The second-order valence-corrected chi connectivity index (χ2v) is 7.33. The minimum absolute atomic E-state index is 0.0436. The number of hydrogen-bond acceptors (Lipinski definition) is 5. The van der Waals surface area contributed by atoms with Crippen LogP contribution in [0.5, 0.6) is 11.5 Å². The molecule has 0 fully saturated rings. The first-order valence-corrected chi connectivity index (χ1v) is 8.40. The van der Waals surface area contributed by atoms with E-state index in [1.165, 1.54) is 19.2 Å². The van der Waals surface area contributed by atoms with E-state index < -0.39 is 10.0 Å². The van der Waals surface area contributed by atoms with Crippen molar-refractivity contribution in [2.75, 3.05) is 26.8 Å². The molecule has 0 bridgehead atoms. The molecule has 0 saturated heterocycles. The lowest BCUT2D eigenvalue weighted by Crippen LogP contribution is -2.40. The molecule has 0 saturated carbocycles. The summed E-state index contributed by atoms with van der Waals surface area (Å²) in [5.74, 6) is 0.566. The molecular weight excluding hydrogens is 308 g/mol. The van der Waals surface area contributed by atoms with Crippen LogP contribution in [0.2, 0.25) is 0 Å². The summed E-state index contributed by atoms with van der Waals surface area (Å²) in [4.78, 5) is 11.8. The minimum Gasteiger partial charge on any atom is -0.486 e. The topological polar surface area (TPSA) is 84.9 Å². The smallest absolute Gasteiger partial charge is 0.243 e. The van der Waals surface area contributed by atoms with Crippen molar-refractivity contribution in [3.05, 3.63) is 18.2 Å². The number of sulfonamides is 1. The molecule has 122 valence electrons. The molecule has 1 amide bonds. The maximum atomic E-state index is 12.5. The Kier molecular flexibility index (Phi) is 4.92. The maximum absolute atomic E-state index is 12.5. The highest BCUT2D eigenvalue weighted by molar-refractivity contribution is 7.89. The summed E-state index contributed by atoms with van der Waals surface area (Å²) in [5.41, 5.74) is 0. The number of ether oxygens (including phenoxy) is 2. The Morgan fingerprint density at radius 1 is 1.27 bits per heavy atom. The van der Waals surface area contributed by atoms with Crippen molar-refractivity contribution in [1.29, 1.82) is 0 Å². The van der Waals surface area contributed by atoms with E-state index in [1.807, 2.05) is 13.8 Å². The molecule has 1 aromatic carbocycles. The van der Waals surface area contributed by atoms with Crippen LogP contribution in [0.4, 0.5) is 0 Å². The normalized spacial score (nSPS) is 14.2. The highest BCUT2D eigenvalue weighted by Crippen LogP contribution is 2.32. The van der Waals surface area contributed by atoms with Gasteiger partial charge in [-0.15, -0.1) is 0 Å². The van der Waals surface area contributed by atoms with E-state index in [2.05, 4.69) is 5.32 Å². The van der Waals surface area contributed by atoms with Crippen LogP contribution in [0, 0.1) is 0 Å². The molecule has 1 aliphatic heterocycles. The zero-order chi connectivity index (χ0) is 16.3. The molecule has 1 aromatic rings. The molecule has 1 heterocycles. The van der Waals surface area contributed by atoms with Gasteiger partial charge < -0.3 is 14.8 Å².